The smallest absolute Gasteiger partial charge is 0.211 e. The fourth-order valence-electron chi connectivity index (χ4n) is 2.18. The first-order valence-electron chi connectivity index (χ1n) is 6.76. The molecular formula is C17H15N3O2. The van der Waals surface area contributed by atoms with Gasteiger partial charge in [0.15, 0.2) is 0 Å². The van der Waals surface area contributed by atoms with Crippen molar-refractivity contribution in [1.82, 2.24) is 4.90 Å². The summed E-state index contributed by atoms with van der Waals surface area (Å²) < 4.78 is 5.85. The SMILES string of the molecule is C=C1c2cc(Oc3cccc(NC=O)c3)ccc2N=CN1C. The average Bonchev–Trinajstić information content (AvgIpc) is 2.52. The Kier molecular flexibility index (Phi) is 3.62. The summed E-state index contributed by atoms with van der Waals surface area (Å²) in [6.07, 6.45) is 2.37. The minimum atomic E-state index is 0.635. The third kappa shape index (κ3) is 2.69. The zero-order chi connectivity index (χ0) is 15.5. The molecule has 1 amide bonds. The number of hydrogen-bond acceptors (Lipinski definition) is 4. The summed E-state index contributed by atoms with van der Waals surface area (Å²) in [7, 11) is 1.90. The van der Waals surface area contributed by atoms with Gasteiger partial charge in [0.25, 0.3) is 0 Å². The van der Waals surface area contributed by atoms with Crippen LogP contribution in [0.2, 0.25) is 0 Å². The summed E-state index contributed by atoms with van der Waals surface area (Å²) in [4.78, 5) is 16.7. The van der Waals surface area contributed by atoms with E-state index in [0.717, 1.165) is 16.9 Å². The maximum absolute atomic E-state index is 10.5. The highest BCUT2D eigenvalue weighted by molar-refractivity contribution is 5.86. The third-order valence-corrected chi connectivity index (χ3v) is 3.37. The molecule has 0 spiro atoms. The predicted molar refractivity (Wildman–Crippen MR) is 87.6 cm³/mol. The van der Waals surface area contributed by atoms with E-state index in [2.05, 4.69) is 16.9 Å². The molecule has 3 rings (SSSR count). The molecule has 0 radical (unpaired) electrons. The summed E-state index contributed by atoms with van der Waals surface area (Å²) in [5, 5.41) is 2.60. The van der Waals surface area contributed by atoms with E-state index in [1.807, 2.05) is 42.3 Å². The van der Waals surface area contributed by atoms with Crippen molar-refractivity contribution in [3.63, 3.8) is 0 Å². The lowest BCUT2D eigenvalue weighted by Crippen LogP contribution is -2.16. The first-order chi connectivity index (χ1) is 10.7. The molecule has 2 aromatic rings. The molecule has 1 aliphatic rings. The van der Waals surface area contributed by atoms with Crippen LogP contribution in [0.4, 0.5) is 11.4 Å². The Balaban J connectivity index is 1.88. The van der Waals surface area contributed by atoms with Crippen molar-refractivity contribution in [2.24, 2.45) is 4.99 Å². The Labute approximate surface area is 128 Å². The van der Waals surface area contributed by atoms with Crippen LogP contribution in [-0.4, -0.2) is 24.7 Å². The molecule has 0 bridgehead atoms. The van der Waals surface area contributed by atoms with Gasteiger partial charge in [0.05, 0.1) is 12.0 Å². The number of amides is 1. The number of hydrogen-bond donors (Lipinski definition) is 1. The lowest BCUT2D eigenvalue weighted by Gasteiger charge is -2.22. The minimum absolute atomic E-state index is 0.635. The molecule has 0 saturated carbocycles. The molecule has 22 heavy (non-hydrogen) atoms. The largest absolute Gasteiger partial charge is 0.457 e. The molecule has 0 fully saturated rings. The van der Waals surface area contributed by atoms with Crippen molar-refractivity contribution in [3.8, 4) is 11.5 Å². The van der Waals surface area contributed by atoms with Gasteiger partial charge in [0, 0.05) is 30.1 Å². The van der Waals surface area contributed by atoms with E-state index in [0.29, 0.717) is 23.6 Å². The second-order valence-electron chi connectivity index (χ2n) is 4.87. The molecule has 0 saturated heterocycles. The second-order valence-corrected chi connectivity index (χ2v) is 4.87. The van der Waals surface area contributed by atoms with Crippen molar-refractivity contribution < 1.29 is 9.53 Å². The lowest BCUT2D eigenvalue weighted by molar-refractivity contribution is -0.105. The molecule has 5 heteroatoms. The van der Waals surface area contributed by atoms with Gasteiger partial charge in [-0.15, -0.1) is 0 Å². The van der Waals surface area contributed by atoms with Crippen molar-refractivity contribution in [2.75, 3.05) is 12.4 Å². The molecule has 1 aliphatic heterocycles. The van der Waals surface area contributed by atoms with E-state index < -0.39 is 0 Å². The van der Waals surface area contributed by atoms with Crippen LogP contribution in [0.5, 0.6) is 11.5 Å². The molecule has 1 N–H and O–H groups in total. The van der Waals surface area contributed by atoms with Gasteiger partial charge in [-0.05, 0) is 30.3 Å². The van der Waals surface area contributed by atoms with Crippen molar-refractivity contribution in [2.45, 2.75) is 0 Å². The molecule has 5 nitrogen and oxygen atoms in total. The van der Waals surface area contributed by atoms with E-state index in [1.54, 1.807) is 18.5 Å². The number of carbonyl (C=O) groups is 1. The summed E-state index contributed by atoms with van der Waals surface area (Å²) in [6.45, 7) is 4.05. The molecule has 0 unspecified atom stereocenters. The van der Waals surface area contributed by atoms with E-state index in [9.17, 15) is 4.79 Å². The van der Waals surface area contributed by atoms with Crippen molar-refractivity contribution >= 4 is 29.8 Å². The Morgan fingerprint density at radius 2 is 2.05 bits per heavy atom. The van der Waals surface area contributed by atoms with Gasteiger partial charge < -0.3 is 15.0 Å². The van der Waals surface area contributed by atoms with Crippen LogP contribution in [0.15, 0.2) is 54.0 Å². The maximum atomic E-state index is 10.5. The predicted octanol–water partition coefficient (Wildman–Crippen LogP) is 3.62. The summed E-state index contributed by atoms with van der Waals surface area (Å²) in [5.41, 5.74) is 3.35. The van der Waals surface area contributed by atoms with Gasteiger partial charge in [-0.2, -0.15) is 0 Å². The van der Waals surface area contributed by atoms with E-state index in [4.69, 9.17) is 4.74 Å². The number of fused-ring (bicyclic) bond motifs is 1. The van der Waals surface area contributed by atoms with Crippen molar-refractivity contribution in [3.05, 3.63) is 54.6 Å². The number of nitrogens with one attached hydrogen (secondary N) is 1. The van der Waals surface area contributed by atoms with Crippen LogP contribution in [-0.2, 0) is 4.79 Å². The third-order valence-electron chi connectivity index (χ3n) is 3.37. The Morgan fingerprint density at radius 3 is 2.86 bits per heavy atom. The van der Waals surface area contributed by atoms with Gasteiger partial charge in [0.2, 0.25) is 6.41 Å². The normalized spacial score (nSPS) is 12.8. The summed E-state index contributed by atoms with van der Waals surface area (Å²) in [5.74, 6) is 1.33. The summed E-state index contributed by atoms with van der Waals surface area (Å²) in [6, 6.07) is 12.9. The van der Waals surface area contributed by atoms with Crippen LogP contribution in [0.25, 0.3) is 5.70 Å². The Morgan fingerprint density at radius 1 is 1.23 bits per heavy atom. The zero-order valence-corrected chi connectivity index (χ0v) is 12.1. The maximum Gasteiger partial charge on any atom is 0.211 e. The zero-order valence-electron chi connectivity index (χ0n) is 12.1. The first-order valence-corrected chi connectivity index (χ1v) is 6.76. The Hall–Kier alpha value is -3.08. The highest BCUT2D eigenvalue weighted by atomic mass is 16.5. The van der Waals surface area contributed by atoms with Gasteiger partial charge >= 0.3 is 0 Å². The van der Waals surface area contributed by atoms with Crippen LogP contribution >= 0.6 is 0 Å². The quantitative estimate of drug-likeness (QED) is 0.876. The van der Waals surface area contributed by atoms with Crippen LogP contribution < -0.4 is 10.1 Å². The number of ether oxygens (including phenoxy) is 1. The van der Waals surface area contributed by atoms with Crippen molar-refractivity contribution in [1.29, 1.82) is 0 Å². The van der Waals surface area contributed by atoms with Gasteiger partial charge in [-0.3, -0.25) is 4.79 Å². The van der Waals surface area contributed by atoms with Crippen LogP contribution in [0.1, 0.15) is 5.56 Å². The van der Waals surface area contributed by atoms with Gasteiger partial charge in [-0.1, -0.05) is 12.6 Å². The number of anilines is 1. The highest BCUT2D eigenvalue weighted by Crippen LogP contribution is 2.35. The minimum Gasteiger partial charge on any atom is -0.457 e. The number of carbonyl (C=O) groups excluding carboxylic acids is 1. The monoisotopic (exact) mass is 293 g/mol. The second kappa shape index (κ2) is 5.73. The van der Waals surface area contributed by atoms with Crippen LogP contribution in [0, 0.1) is 0 Å². The molecule has 0 atom stereocenters. The standard InChI is InChI=1S/C17H15N3O2/c1-12-16-9-15(6-7-17(16)18-10-20(12)2)22-14-5-3-4-13(8-14)19-11-21/h3-11H,1H2,2H3,(H,19,21). The molecular weight excluding hydrogens is 278 g/mol. The molecule has 0 aromatic heterocycles. The number of nitrogens with zero attached hydrogens (tertiary/aromatic N) is 2. The Bertz CT molecular complexity index is 768. The lowest BCUT2D eigenvalue weighted by atomic mass is 10.1. The average molecular weight is 293 g/mol. The fraction of sp³-hybridized carbons (Fsp3) is 0.0588. The number of benzene rings is 2. The topological polar surface area (TPSA) is 53.9 Å². The highest BCUT2D eigenvalue weighted by Gasteiger charge is 2.14. The molecule has 2 aromatic carbocycles. The van der Waals surface area contributed by atoms with Gasteiger partial charge in [0.1, 0.15) is 11.5 Å². The fourth-order valence-corrected chi connectivity index (χ4v) is 2.18. The van der Waals surface area contributed by atoms with Crippen LogP contribution in [0.3, 0.4) is 0 Å². The van der Waals surface area contributed by atoms with E-state index in [-0.39, 0.29) is 0 Å². The molecule has 110 valence electrons. The summed E-state index contributed by atoms with van der Waals surface area (Å²) >= 11 is 0. The number of rotatable bonds is 4. The van der Waals surface area contributed by atoms with E-state index >= 15 is 0 Å². The molecule has 0 aliphatic carbocycles. The first kappa shape index (κ1) is 13.9. The number of aliphatic imine (C=N–C) groups is 1. The molecule has 1 heterocycles. The van der Waals surface area contributed by atoms with Gasteiger partial charge in [-0.25, -0.2) is 4.99 Å². The van der Waals surface area contributed by atoms with E-state index in [1.165, 1.54) is 0 Å².